The number of carboxylic acid groups (broad SMARTS) is 1. The summed E-state index contributed by atoms with van der Waals surface area (Å²) in [4.78, 5) is 11.6. The molecule has 0 saturated carbocycles. The fraction of sp³-hybridized carbons (Fsp3) is 0.286. The van der Waals surface area contributed by atoms with Crippen molar-refractivity contribution in [3.05, 3.63) is 63.6 Å². The minimum absolute atomic E-state index is 0.105. The summed E-state index contributed by atoms with van der Waals surface area (Å²) in [6.07, 6.45) is -7.81. The van der Waals surface area contributed by atoms with Gasteiger partial charge in [0.15, 0.2) is 17.3 Å². The molecule has 33 heavy (non-hydrogen) atoms. The molecule has 1 aliphatic heterocycles. The molecule has 0 spiro atoms. The maximum absolute atomic E-state index is 13.8. The van der Waals surface area contributed by atoms with Gasteiger partial charge in [-0.1, -0.05) is 28.1 Å². The standard InChI is InChI=1S/C21H17BrF3N3O5/c1-31-14-5-3-4-11(18(14)32-2)17-12-8-10(22)6-7-13(12)28-19(15(33-17)9-16(29)30)26-27-20(28)21(23,24)25/h3-8,15,17H,9H2,1-2H3,(H,29,30)/t15-,17-/m1/s1. The molecule has 0 saturated heterocycles. The number of ether oxygens (including phenoxy) is 3. The third-order valence-electron chi connectivity index (χ3n) is 5.12. The Hall–Kier alpha value is -3.12. The van der Waals surface area contributed by atoms with Gasteiger partial charge in [-0.05, 0) is 24.3 Å². The number of carbonyl (C=O) groups is 1. The number of carboxylic acids is 1. The summed E-state index contributed by atoms with van der Waals surface area (Å²) in [5.41, 5.74) is 0.877. The van der Waals surface area contributed by atoms with Gasteiger partial charge in [0.05, 0.1) is 26.3 Å². The van der Waals surface area contributed by atoms with E-state index in [2.05, 4.69) is 26.1 Å². The van der Waals surface area contributed by atoms with Gasteiger partial charge in [0.1, 0.15) is 12.2 Å². The van der Waals surface area contributed by atoms with Crippen molar-refractivity contribution in [3.8, 4) is 17.2 Å². The topological polar surface area (TPSA) is 95.7 Å². The molecular weight excluding hydrogens is 511 g/mol. The second kappa shape index (κ2) is 8.67. The smallest absolute Gasteiger partial charge is 0.452 e. The maximum atomic E-state index is 13.8. The third kappa shape index (κ3) is 4.15. The number of aliphatic carboxylic acids is 1. The Labute approximate surface area is 194 Å². The molecule has 1 N–H and O–H groups in total. The number of hydrogen-bond acceptors (Lipinski definition) is 6. The maximum Gasteiger partial charge on any atom is 0.452 e. The first kappa shape index (κ1) is 23.1. The number of alkyl halides is 3. The van der Waals surface area contributed by atoms with Crippen molar-refractivity contribution in [2.24, 2.45) is 0 Å². The Balaban J connectivity index is 2.04. The number of methoxy groups -OCH3 is 2. The number of fused-ring (bicyclic) bond motifs is 3. The molecule has 0 bridgehead atoms. The van der Waals surface area contributed by atoms with Crippen LogP contribution in [0.2, 0.25) is 0 Å². The molecule has 12 heteroatoms. The quantitative estimate of drug-likeness (QED) is 0.513. The molecule has 1 aromatic heterocycles. The zero-order valence-electron chi connectivity index (χ0n) is 17.3. The average molecular weight is 528 g/mol. The molecule has 2 aromatic carbocycles. The van der Waals surface area contributed by atoms with Crippen LogP contribution in [0.4, 0.5) is 13.2 Å². The number of halogens is 4. The van der Waals surface area contributed by atoms with E-state index in [9.17, 15) is 23.1 Å². The van der Waals surface area contributed by atoms with Gasteiger partial charge in [-0.15, -0.1) is 10.2 Å². The third-order valence-corrected chi connectivity index (χ3v) is 5.61. The molecule has 0 radical (unpaired) electrons. The van der Waals surface area contributed by atoms with Gasteiger partial charge in [0.2, 0.25) is 5.82 Å². The highest BCUT2D eigenvalue weighted by atomic mass is 79.9. The van der Waals surface area contributed by atoms with Gasteiger partial charge >= 0.3 is 12.1 Å². The molecule has 3 aromatic rings. The molecule has 0 fully saturated rings. The fourth-order valence-electron chi connectivity index (χ4n) is 3.82. The second-order valence-corrected chi connectivity index (χ2v) is 8.02. The Bertz CT molecular complexity index is 1210. The van der Waals surface area contributed by atoms with Crippen LogP contribution in [-0.4, -0.2) is 40.1 Å². The Morgan fingerprint density at radius 2 is 1.94 bits per heavy atom. The first-order valence-corrected chi connectivity index (χ1v) is 10.4. The van der Waals surface area contributed by atoms with E-state index >= 15 is 0 Å². The van der Waals surface area contributed by atoms with E-state index < -0.39 is 36.6 Å². The van der Waals surface area contributed by atoms with Crippen molar-refractivity contribution in [1.82, 2.24) is 14.8 Å². The predicted molar refractivity (Wildman–Crippen MR) is 112 cm³/mol. The molecule has 0 amide bonds. The first-order chi connectivity index (χ1) is 15.7. The van der Waals surface area contributed by atoms with E-state index in [1.54, 1.807) is 30.3 Å². The number of aromatic nitrogens is 3. The molecule has 1 aliphatic rings. The van der Waals surface area contributed by atoms with Gasteiger partial charge in [0, 0.05) is 15.6 Å². The van der Waals surface area contributed by atoms with Crippen molar-refractivity contribution in [1.29, 1.82) is 0 Å². The van der Waals surface area contributed by atoms with Crippen LogP contribution in [0.1, 0.15) is 41.4 Å². The van der Waals surface area contributed by atoms with Crippen molar-refractivity contribution in [2.45, 2.75) is 24.8 Å². The van der Waals surface area contributed by atoms with Crippen molar-refractivity contribution < 1.29 is 37.3 Å². The lowest BCUT2D eigenvalue weighted by Gasteiger charge is -2.24. The van der Waals surface area contributed by atoms with E-state index in [1.165, 1.54) is 20.3 Å². The van der Waals surface area contributed by atoms with Crippen LogP contribution in [0.15, 0.2) is 40.9 Å². The van der Waals surface area contributed by atoms with Gasteiger partial charge in [0.25, 0.3) is 0 Å². The molecule has 0 aliphatic carbocycles. The first-order valence-electron chi connectivity index (χ1n) is 9.56. The minimum Gasteiger partial charge on any atom is -0.493 e. The summed E-state index contributed by atoms with van der Waals surface area (Å²) >= 11 is 3.36. The summed E-state index contributed by atoms with van der Waals surface area (Å²) in [6, 6.07) is 9.65. The fourth-order valence-corrected chi connectivity index (χ4v) is 4.20. The number of hydrogen-bond donors (Lipinski definition) is 1. The van der Waals surface area contributed by atoms with Crippen LogP contribution in [0.25, 0.3) is 5.69 Å². The summed E-state index contributed by atoms with van der Waals surface area (Å²) in [6.45, 7) is 0. The highest BCUT2D eigenvalue weighted by molar-refractivity contribution is 9.10. The van der Waals surface area contributed by atoms with Crippen LogP contribution in [0.5, 0.6) is 11.5 Å². The van der Waals surface area contributed by atoms with Gasteiger partial charge < -0.3 is 19.3 Å². The summed E-state index contributed by atoms with van der Waals surface area (Å²) in [5.74, 6) is -2.13. The van der Waals surface area contributed by atoms with E-state index in [-0.39, 0.29) is 11.5 Å². The van der Waals surface area contributed by atoms with Crippen LogP contribution >= 0.6 is 15.9 Å². The number of nitrogens with zero attached hydrogens (tertiary/aromatic N) is 3. The summed E-state index contributed by atoms with van der Waals surface area (Å²) < 4.78 is 59.9. The SMILES string of the molecule is COc1cccc([C@H]2O[C@H](CC(=O)O)c3nnc(C(F)(F)F)n3-c3ccc(Br)cc32)c1OC. The van der Waals surface area contributed by atoms with Crippen LogP contribution in [0.3, 0.4) is 0 Å². The zero-order chi connectivity index (χ0) is 23.9. The lowest BCUT2D eigenvalue weighted by atomic mass is 9.98. The Morgan fingerprint density at radius 3 is 2.58 bits per heavy atom. The van der Waals surface area contributed by atoms with Crippen molar-refractivity contribution in [2.75, 3.05) is 14.2 Å². The van der Waals surface area contributed by atoms with E-state index in [0.717, 1.165) is 4.57 Å². The number of rotatable bonds is 5. The molecule has 2 heterocycles. The van der Waals surface area contributed by atoms with E-state index in [0.29, 0.717) is 27.1 Å². The molecule has 2 atom stereocenters. The highest BCUT2D eigenvalue weighted by Gasteiger charge is 2.43. The zero-order valence-corrected chi connectivity index (χ0v) is 18.8. The lowest BCUT2D eigenvalue weighted by Crippen LogP contribution is -2.17. The second-order valence-electron chi connectivity index (χ2n) is 7.10. The molecule has 174 valence electrons. The molecule has 8 nitrogen and oxygen atoms in total. The van der Waals surface area contributed by atoms with Gasteiger partial charge in [-0.2, -0.15) is 13.2 Å². The molecule has 0 unspecified atom stereocenters. The van der Waals surface area contributed by atoms with Crippen molar-refractivity contribution in [3.63, 3.8) is 0 Å². The average Bonchev–Trinajstić information content (AvgIpc) is 3.16. The number of para-hydroxylation sites is 1. The normalized spacial score (nSPS) is 17.6. The van der Waals surface area contributed by atoms with Crippen LogP contribution in [0, 0.1) is 0 Å². The van der Waals surface area contributed by atoms with Crippen LogP contribution < -0.4 is 9.47 Å². The Kier molecular flexibility index (Phi) is 6.06. The van der Waals surface area contributed by atoms with Gasteiger partial charge in [-0.25, -0.2) is 0 Å². The predicted octanol–water partition coefficient (Wildman–Crippen LogP) is 4.70. The molecular formula is C21H17BrF3N3O5. The van der Waals surface area contributed by atoms with Crippen LogP contribution in [-0.2, 0) is 15.7 Å². The van der Waals surface area contributed by atoms with E-state index in [1.807, 2.05) is 0 Å². The highest BCUT2D eigenvalue weighted by Crippen LogP contribution is 2.47. The van der Waals surface area contributed by atoms with E-state index in [4.69, 9.17) is 14.2 Å². The lowest BCUT2D eigenvalue weighted by molar-refractivity contribution is -0.146. The Morgan fingerprint density at radius 1 is 1.18 bits per heavy atom. The number of benzene rings is 2. The summed E-state index contributed by atoms with van der Waals surface area (Å²) in [7, 11) is 2.87. The monoisotopic (exact) mass is 527 g/mol. The van der Waals surface area contributed by atoms with Crippen molar-refractivity contribution >= 4 is 21.9 Å². The molecule has 4 rings (SSSR count). The van der Waals surface area contributed by atoms with Gasteiger partial charge in [-0.3, -0.25) is 9.36 Å². The minimum atomic E-state index is -4.84. The summed E-state index contributed by atoms with van der Waals surface area (Å²) in [5, 5.41) is 16.4. The largest absolute Gasteiger partial charge is 0.493 e.